The Balaban J connectivity index is 1.33. The van der Waals surface area contributed by atoms with Crippen molar-refractivity contribution in [1.29, 1.82) is 0 Å². The van der Waals surface area contributed by atoms with Gasteiger partial charge in [0.15, 0.2) is 0 Å². The van der Waals surface area contributed by atoms with Gasteiger partial charge in [0.05, 0.1) is 22.8 Å². The van der Waals surface area contributed by atoms with Crippen LogP contribution in [0.2, 0.25) is 0 Å². The monoisotopic (exact) mass is 488 g/mol. The number of piperidine rings is 1. The third-order valence-electron chi connectivity index (χ3n) is 6.41. The molecular formula is C25H28N8O3. The third kappa shape index (κ3) is 5.04. The van der Waals surface area contributed by atoms with E-state index < -0.39 is 5.97 Å². The predicted octanol–water partition coefficient (Wildman–Crippen LogP) is 3.04. The standard InChI is InChI=1S/C25H28N8O3/c1-17-21(32-11-3-5-18(15-32)13-24(34)35)7-6-20(28-17)25-22(31(2)30-29-25)16-36-23-14-19(8-10-26-23)33-12-4-9-27-33/h4,6-10,12,14,18H,3,5,11,13,15-16H2,1-2H3,(H,34,35)/t18-/m1/s1. The Morgan fingerprint density at radius 1 is 1.25 bits per heavy atom. The molecule has 0 aromatic carbocycles. The molecule has 1 fully saturated rings. The Kier molecular flexibility index (Phi) is 6.61. The summed E-state index contributed by atoms with van der Waals surface area (Å²) in [5, 5.41) is 22.0. The summed E-state index contributed by atoms with van der Waals surface area (Å²) in [7, 11) is 1.82. The molecule has 0 radical (unpaired) electrons. The van der Waals surface area contributed by atoms with E-state index in [1.54, 1.807) is 21.8 Å². The highest BCUT2D eigenvalue weighted by Crippen LogP contribution is 2.29. The number of hydrogen-bond acceptors (Lipinski definition) is 8. The summed E-state index contributed by atoms with van der Waals surface area (Å²) in [6, 6.07) is 9.51. The Morgan fingerprint density at radius 3 is 2.92 bits per heavy atom. The van der Waals surface area contributed by atoms with Gasteiger partial charge in [-0.05, 0) is 49.9 Å². The van der Waals surface area contributed by atoms with E-state index >= 15 is 0 Å². The van der Waals surface area contributed by atoms with Crippen molar-refractivity contribution in [2.45, 2.75) is 32.8 Å². The van der Waals surface area contributed by atoms with Crippen LogP contribution in [-0.2, 0) is 18.4 Å². The minimum atomic E-state index is -0.743. The second kappa shape index (κ2) is 10.1. The second-order valence-electron chi connectivity index (χ2n) is 8.95. The number of aryl methyl sites for hydroxylation is 2. The molecule has 0 bridgehead atoms. The highest BCUT2D eigenvalue weighted by molar-refractivity contribution is 5.67. The van der Waals surface area contributed by atoms with Gasteiger partial charge in [-0.2, -0.15) is 5.10 Å². The fraction of sp³-hybridized carbons (Fsp3) is 0.360. The van der Waals surface area contributed by atoms with Crippen molar-refractivity contribution in [1.82, 2.24) is 34.7 Å². The molecule has 1 N–H and O–H groups in total. The van der Waals surface area contributed by atoms with Crippen molar-refractivity contribution in [2.24, 2.45) is 13.0 Å². The number of carboxylic acids is 1. The highest BCUT2D eigenvalue weighted by Gasteiger charge is 2.24. The summed E-state index contributed by atoms with van der Waals surface area (Å²) in [5.74, 6) is -0.122. The summed E-state index contributed by atoms with van der Waals surface area (Å²) < 4.78 is 9.41. The highest BCUT2D eigenvalue weighted by atomic mass is 16.5. The van der Waals surface area contributed by atoms with Gasteiger partial charge in [0.25, 0.3) is 0 Å². The van der Waals surface area contributed by atoms with Crippen LogP contribution in [0.15, 0.2) is 48.9 Å². The summed E-state index contributed by atoms with van der Waals surface area (Å²) in [6.45, 7) is 3.81. The van der Waals surface area contributed by atoms with Gasteiger partial charge < -0.3 is 14.7 Å². The van der Waals surface area contributed by atoms with Crippen LogP contribution in [0.25, 0.3) is 17.1 Å². The number of rotatable bonds is 8. The van der Waals surface area contributed by atoms with E-state index in [2.05, 4.69) is 25.3 Å². The van der Waals surface area contributed by atoms with Crippen LogP contribution in [0.1, 0.15) is 30.7 Å². The zero-order valence-corrected chi connectivity index (χ0v) is 20.3. The van der Waals surface area contributed by atoms with Crippen molar-refractivity contribution in [3.63, 3.8) is 0 Å². The average Bonchev–Trinajstić information content (AvgIpc) is 3.53. The normalized spacial score (nSPS) is 15.7. The number of anilines is 1. The van der Waals surface area contributed by atoms with Gasteiger partial charge in [-0.3, -0.25) is 4.79 Å². The molecular weight excluding hydrogens is 460 g/mol. The van der Waals surface area contributed by atoms with Gasteiger partial charge in [0.1, 0.15) is 18.0 Å². The minimum Gasteiger partial charge on any atom is -0.481 e. The lowest BCUT2D eigenvalue weighted by Gasteiger charge is -2.34. The van der Waals surface area contributed by atoms with Gasteiger partial charge in [-0.1, -0.05) is 5.21 Å². The maximum Gasteiger partial charge on any atom is 0.303 e. The summed E-state index contributed by atoms with van der Waals surface area (Å²) >= 11 is 0. The lowest BCUT2D eigenvalue weighted by Crippen LogP contribution is -2.36. The minimum absolute atomic E-state index is 0.152. The first kappa shape index (κ1) is 23.5. The molecule has 1 aliphatic heterocycles. The van der Waals surface area contributed by atoms with E-state index in [1.165, 1.54) is 0 Å². The summed E-state index contributed by atoms with van der Waals surface area (Å²) in [6.07, 6.45) is 7.37. The Bertz CT molecular complexity index is 1350. The maximum absolute atomic E-state index is 11.2. The fourth-order valence-electron chi connectivity index (χ4n) is 4.64. The van der Waals surface area contributed by atoms with Crippen LogP contribution in [0.3, 0.4) is 0 Å². The molecule has 11 nitrogen and oxygen atoms in total. The van der Waals surface area contributed by atoms with E-state index in [9.17, 15) is 9.90 Å². The lowest BCUT2D eigenvalue weighted by atomic mass is 9.94. The first-order valence-corrected chi connectivity index (χ1v) is 11.9. The molecule has 1 saturated heterocycles. The number of aliphatic carboxylic acids is 1. The molecule has 0 amide bonds. The quantitative estimate of drug-likeness (QED) is 0.398. The lowest BCUT2D eigenvalue weighted by molar-refractivity contribution is -0.138. The zero-order valence-electron chi connectivity index (χ0n) is 20.3. The topological polar surface area (TPSA) is 124 Å². The maximum atomic E-state index is 11.2. The van der Waals surface area contributed by atoms with Crippen LogP contribution in [0, 0.1) is 12.8 Å². The Morgan fingerprint density at radius 2 is 2.14 bits per heavy atom. The van der Waals surface area contributed by atoms with Gasteiger partial charge in [0, 0.05) is 51.2 Å². The molecule has 36 heavy (non-hydrogen) atoms. The van der Waals surface area contributed by atoms with Crippen LogP contribution in [0.4, 0.5) is 5.69 Å². The predicted molar refractivity (Wildman–Crippen MR) is 132 cm³/mol. The van der Waals surface area contributed by atoms with Crippen molar-refractivity contribution < 1.29 is 14.6 Å². The number of carbonyl (C=O) groups is 1. The first-order valence-electron chi connectivity index (χ1n) is 11.9. The molecule has 4 aromatic rings. The average molecular weight is 489 g/mol. The molecule has 186 valence electrons. The molecule has 0 unspecified atom stereocenters. The molecule has 1 aliphatic rings. The van der Waals surface area contributed by atoms with Crippen LogP contribution >= 0.6 is 0 Å². The number of carboxylic acid groups (broad SMARTS) is 1. The van der Waals surface area contributed by atoms with E-state index in [1.807, 2.05) is 50.5 Å². The first-order chi connectivity index (χ1) is 17.5. The molecule has 5 heterocycles. The molecule has 0 aliphatic carbocycles. The van der Waals surface area contributed by atoms with Crippen LogP contribution in [-0.4, -0.2) is 58.9 Å². The van der Waals surface area contributed by atoms with Gasteiger partial charge >= 0.3 is 5.97 Å². The van der Waals surface area contributed by atoms with Crippen molar-refractivity contribution in [2.75, 3.05) is 18.0 Å². The van der Waals surface area contributed by atoms with E-state index in [-0.39, 0.29) is 18.9 Å². The van der Waals surface area contributed by atoms with Gasteiger partial charge in [-0.25, -0.2) is 19.3 Å². The van der Waals surface area contributed by atoms with Crippen molar-refractivity contribution in [3.8, 4) is 23.0 Å². The molecule has 0 spiro atoms. The number of hydrogen-bond donors (Lipinski definition) is 1. The SMILES string of the molecule is Cc1nc(-c2nnn(C)c2COc2cc(-n3cccn3)ccn2)ccc1N1CCC[C@H](CC(=O)O)C1. The smallest absolute Gasteiger partial charge is 0.303 e. The zero-order chi connectivity index (χ0) is 25.1. The molecule has 4 aromatic heterocycles. The number of ether oxygens (including phenoxy) is 1. The van der Waals surface area contributed by atoms with Crippen LogP contribution < -0.4 is 9.64 Å². The molecule has 11 heteroatoms. The number of aromatic nitrogens is 7. The van der Waals surface area contributed by atoms with Crippen LogP contribution in [0.5, 0.6) is 5.88 Å². The Hall–Kier alpha value is -4.28. The number of nitrogens with zero attached hydrogens (tertiary/aromatic N) is 8. The van der Waals surface area contributed by atoms with E-state index in [0.29, 0.717) is 17.3 Å². The summed E-state index contributed by atoms with van der Waals surface area (Å²) in [4.78, 5) is 22.5. The molecule has 0 saturated carbocycles. The molecule has 1 atom stereocenters. The van der Waals surface area contributed by atoms with E-state index in [0.717, 1.165) is 48.7 Å². The van der Waals surface area contributed by atoms with Gasteiger partial charge in [-0.15, -0.1) is 5.10 Å². The summed E-state index contributed by atoms with van der Waals surface area (Å²) in [5.41, 5.74) is 4.88. The fourth-order valence-corrected chi connectivity index (χ4v) is 4.64. The van der Waals surface area contributed by atoms with Gasteiger partial charge in [0.2, 0.25) is 5.88 Å². The third-order valence-corrected chi connectivity index (χ3v) is 6.41. The number of pyridine rings is 2. The van der Waals surface area contributed by atoms with E-state index in [4.69, 9.17) is 9.72 Å². The molecule has 5 rings (SSSR count). The van der Waals surface area contributed by atoms with Crippen molar-refractivity contribution >= 4 is 11.7 Å². The second-order valence-corrected chi connectivity index (χ2v) is 8.95. The largest absolute Gasteiger partial charge is 0.481 e. The van der Waals surface area contributed by atoms with Crippen molar-refractivity contribution in [3.05, 3.63) is 60.3 Å². The Labute approximate surface area is 208 Å².